The van der Waals surface area contributed by atoms with Crippen LogP contribution in [0.1, 0.15) is 11.1 Å². The minimum atomic E-state index is 0.560. The molecule has 0 aromatic heterocycles. The average Bonchev–Trinajstić information content (AvgIpc) is 2.55. The summed E-state index contributed by atoms with van der Waals surface area (Å²) in [6.45, 7) is 0. The van der Waals surface area contributed by atoms with E-state index >= 15 is 0 Å². The van der Waals surface area contributed by atoms with Gasteiger partial charge in [0.05, 0.1) is 14.2 Å². The molecule has 2 nitrogen and oxygen atoms in total. The Balaban J connectivity index is 0.000000200. The zero-order chi connectivity index (χ0) is 14.8. The molecule has 0 aliphatic heterocycles. The van der Waals surface area contributed by atoms with E-state index in [1.165, 1.54) is 5.56 Å². The number of alkyl halides is 2. The second kappa shape index (κ2) is 9.88. The first-order chi connectivity index (χ1) is 9.73. The number of halogens is 2. The highest BCUT2D eigenvalue weighted by molar-refractivity contribution is 14.1. The van der Waals surface area contributed by atoms with E-state index in [1.807, 2.05) is 36.4 Å². The van der Waals surface area contributed by atoms with Crippen molar-refractivity contribution in [2.45, 2.75) is 10.3 Å². The van der Waals surface area contributed by atoms with Gasteiger partial charge < -0.3 is 9.47 Å². The van der Waals surface area contributed by atoms with Gasteiger partial charge >= 0.3 is 0 Å². The number of benzene rings is 2. The van der Waals surface area contributed by atoms with Gasteiger partial charge in [0.15, 0.2) is 0 Å². The lowest BCUT2D eigenvalue weighted by molar-refractivity contribution is 0.414. The van der Waals surface area contributed by atoms with Gasteiger partial charge in [0.2, 0.25) is 0 Å². The zero-order valence-electron chi connectivity index (χ0n) is 11.6. The van der Waals surface area contributed by atoms with Gasteiger partial charge in [-0.1, -0.05) is 46.9 Å². The first-order valence-electron chi connectivity index (χ1n) is 6.11. The van der Waals surface area contributed by atoms with E-state index in [0.717, 1.165) is 21.5 Å². The van der Waals surface area contributed by atoms with E-state index in [4.69, 9.17) is 21.1 Å². The third-order valence-electron chi connectivity index (χ3n) is 2.63. The van der Waals surface area contributed by atoms with Crippen molar-refractivity contribution in [3.8, 4) is 11.5 Å². The first kappa shape index (κ1) is 17.1. The number of rotatable bonds is 4. The fraction of sp³-hybridized carbons (Fsp3) is 0.250. The van der Waals surface area contributed by atoms with Gasteiger partial charge in [-0.2, -0.15) is 0 Å². The molecule has 0 unspecified atom stereocenters. The van der Waals surface area contributed by atoms with Crippen molar-refractivity contribution in [2.24, 2.45) is 0 Å². The number of ether oxygens (including phenoxy) is 2. The van der Waals surface area contributed by atoms with Crippen LogP contribution in [0.2, 0.25) is 0 Å². The van der Waals surface area contributed by atoms with Gasteiger partial charge in [-0.15, -0.1) is 11.6 Å². The summed E-state index contributed by atoms with van der Waals surface area (Å²) in [5.74, 6) is 2.35. The molecule has 0 aliphatic carbocycles. The summed E-state index contributed by atoms with van der Waals surface area (Å²) >= 11 is 7.92. The largest absolute Gasteiger partial charge is 0.497 e. The summed E-state index contributed by atoms with van der Waals surface area (Å²) in [5, 5.41) is 0. The molecule has 0 saturated carbocycles. The Bertz CT molecular complexity index is 389. The van der Waals surface area contributed by atoms with Gasteiger partial charge in [0.1, 0.15) is 11.5 Å². The lowest BCUT2D eigenvalue weighted by Gasteiger charge is -1.98. The molecule has 0 spiro atoms. The number of methoxy groups -OCH3 is 2. The number of hydrogen-bond acceptors (Lipinski definition) is 2. The quantitative estimate of drug-likeness (QED) is 0.523. The zero-order valence-corrected chi connectivity index (χ0v) is 14.5. The molecule has 0 bridgehead atoms. The van der Waals surface area contributed by atoms with Crippen molar-refractivity contribution >= 4 is 34.2 Å². The molecule has 20 heavy (non-hydrogen) atoms. The molecule has 4 heteroatoms. The molecule has 108 valence electrons. The van der Waals surface area contributed by atoms with E-state index < -0.39 is 0 Å². The third-order valence-corrected chi connectivity index (χ3v) is 3.82. The molecule has 0 saturated heterocycles. The Kier molecular flexibility index (Phi) is 8.46. The Morgan fingerprint density at radius 1 is 0.800 bits per heavy atom. The van der Waals surface area contributed by atoms with E-state index in [9.17, 15) is 0 Å². The van der Waals surface area contributed by atoms with Crippen LogP contribution >= 0.6 is 34.2 Å². The molecule has 0 amide bonds. The van der Waals surface area contributed by atoms with Crippen molar-refractivity contribution in [1.82, 2.24) is 0 Å². The fourth-order valence-electron chi connectivity index (χ4n) is 1.43. The lowest BCUT2D eigenvalue weighted by Crippen LogP contribution is -1.82. The Morgan fingerprint density at radius 2 is 1.20 bits per heavy atom. The molecule has 2 rings (SSSR count). The van der Waals surface area contributed by atoms with Gasteiger partial charge in [0.25, 0.3) is 0 Å². The maximum atomic E-state index is 5.58. The van der Waals surface area contributed by atoms with E-state index in [0.29, 0.717) is 5.88 Å². The van der Waals surface area contributed by atoms with Gasteiger partial charge in [-0.3, -0.25) is 0 Å². The van der Waals surface area contributed by atoms with Crippen LogP contribution < -0.4 is 9.47 Å². The predicted octanol–water partition coefficient (Wildman–Crippen LogP) is 5.06. The van der Waals surface area contributed by atoms with Crippen LogP contribution in [0.15, 0.2) is 48.5 Å². The van der Waals surface area contributed by atoms with E-state index in [-0.39, 0.29) is 0 Å². The normalized spacial score (nSPS) is 9.40. The SMILES string of the molecule is COc1ccc(CCl)cc1.COc1ccc(CI)cc1. The average molecular weight is 405 g/mol. The molecular formula is C16H18ClIO2. The monoisotopic (exact) mass is 404 g/mol. The van der Waals surface area contributed by atoms with Gasteiger partial charge in [0, 0.05) is 10.3 Å². The van der Waals surface area contributed by atoms with Crippen LogP contribution in [0, 0.1) is 0 Å². The van der Waals surface area contributed by atoms with Gasteiger partial charge in [-0.05, 0) is 35.4 Å². The van der Waals surface area contributed by atoms with Crippen molar-refractivity contribution in [3.63, 3.8) is 0 Å². The lowest BCUT2D eigenvalue weighted by atomic mass is 10.2. The molecule has 0 aliphatic rings. The molecule has 2 aromatic rings. The summed E-state index contributed by atoms with van der Waals surface area (Å²) in [4.78, 5) is 0. The maximum Gasteiger partial charge on any atom is 0.118 e. The third kappa shape index (κ3) is 6.01. The van der Waals surface area contributed by atoms with Crippen molar-refractivity contribution < 1.29 is 9.47 Å². The summed E-state index contributed by atoms with van der Waals surface area (Å²) in [6, 6.07) is 15.8. The van der Waals surface area contributed by atoms with Gasteiger partial charge in [-0.25, -0.2) is 0 Å². The second-order valence-corrected chi connectivity index (χ2v) is 4.99. The van der Waals surface area contributed by atoms with Crippen LogP contribution in [0.3, 0.4) is 0 Å². The highest BCUT2D eigenvalue weighted by Gasteiger charge is 1.90. The minimum absolute atomic E-state index is 0.560. The molecule has 0 radical (unpaired) electrons. The topological polar surface area (TPSA) is 18.5 Å². The second-order valence-electron chi connectivity index (χ2n) is 3.96. The van der Waals surface area contributed by atoms with Crippen molar-refractivity contribution in [1.29, 1.82) is 0 Å². The van der Waals surface area contributed by atoms with Crippen molar-refractivity contribution in [3.05, 3.63) is 59.7 Å². The molecule has 2 aromatic carbocycles. The van der Waals surface area contributed by atoms with Crippen LogP contribution in [-0.2, 0) is 10.3 Å². The number of hydrogen-bond donors (Lipinski definition) is 0. The molecule has 0 atom stereocenters. The molecule has 0 heterocycles. The summed E-state index contributed by atoms with van der Waals surface area (Å²) in [6.07, 6.45) is 0. The van der Waals surface area contributed by atoms with E-state index in [2.05, 4.69) is 34.7 Å². The van der Waals surface area contributed by atoms with Crippen LogP contribution in [0.4, 0.5) is 0 Å². The molecule has 0 fully saturated rings. The first-order valence-corrected chi connectivity index (χ1v) is 8.17. The molecular weight excluding hydrogens is 387 g/mol. The highest BCUT2D eigenvalue weighted by Crippen LogP contribution is 2.13. The summed E-state index contributed by atoms with van der Waals surface area (Å²) < 4.78 is 11.0. The molecule has 0 N–H and O–H groups in total. The fourth-order valence-corrected chi connectivity index (χ4v) is 2.12. The summed E-state index contributed by atoms with van der Waals surface area (Å²) in [5.41, 5.74) is 2.45. The Morgan fingerprint density at radius 3 is 1.50 bits per heavy atom. The Hall–Kier alpha value is -0.940. The van der Waals surface area contributed by atoms with E-state index in [1.54, 1.807) is 14.2 Å². The van der Waals surface area contributed by atoms with Crippen molar-refractivity contribution in [2.75, 3.05) is 14.2 Å². The standard InChI is InChI=1S/C8H9ClO.C8H9IO/c2*1-10-8-4-2-7(6-9)3-5-8/h2*2-5H,6H2,1H3. The van der Waals surface area contributed by atoms with Crippen LogP contribution in [0.25, 0.3) is 0 Å². The van der Waals surface area contributed by atoms with Crippen LogP contribution in [0.5, 0.6) is 11.5 Å². The van der Waals surface area contributed by atoms with Crippen LogP contribution in [-0.4, -0.2) is 14.2 Å². The maximum absolute atomic E-state index is 5.58. The predicted molar refractivity (Wildman–Crippen MR) is 93.3 cm³/mol. The summed E-state index contributed by atoms with van der Waals surface area (Å²) in [7, 11) is 3.33. The minimum Gasteiger partial charge on any atom is -0.497 e. The highest BCUT2D eigenvalue weighted by atomic mass is 127. The smallest absolute Gasteiger partial charge is 0.118 e. The Labute approximate surface area is 139 Å².